The van der Waals surface area contributed by atoms with Crippen LogP contribution in [0.4, 0.5) is 0 Å². The summed E-state index contributed by atoms with van der Waals surface area (Å²) in [5.41, 5.74) is 0. The Kier molecular flexibility index (Phi) is 5.22. The Hall–Kier alpha value is -0.610. The van der Waals surface area contributed by atoms with Crippen LogP contribution in [0.15, 0.2) is 0 Å². The Bertz CT molecular complexity index is 222. The summed E-state index contributed by atoms with van der Waals surface area (Å²) in [4.78, 5) is 15.5. The molecular weight excluding hydrogens is 202 g/mol. The third-order valence-corrected chi connectivity index (χ3v) is 3.65. The van der Waals surface area contributed by atoms with Crippen molar-refractivity contribution in [3.8, 4) is 0 Å². The van der Waals surface area contributed by atoms with Crippen LogP contribution < -0.4 is 5.32 Å². The zero-order chi connectivity index (χ0) is 12.1. The molecule has 1 heterocycles. The molecule has 1 unspecified atom stereocenters. The van der Waals surface area contributed by atoms with Gasteiger partial charge in [0.25, 0.3) is 0 Å². The average molecular weight is 227 g/mol. The SMILES string of the molecule is CNC(C)C1CCN(CC(=O)N(C)C)CC1. The van der Waals surface area contributed by atoms with Crippen LogP contribution in [0.1, 0.15) is 19.8 Å². The summed E-state index contributed by atoms with van der Waals surface area (Å²) in [6, 6.07) is 0.590. The maximum absolute atomic E-state index is 11.6. The van der Waals surface area contributed by atoms with Gasteiger partial charge in [-0.05, 0) is 45.8 Å². The summed E-state index contributed by atoms with van der Waals surface area (Å²) in [7, 11) is 5.66. The third-order valence-electron chi connectivity index (χ3n) is 3.65. The Morgan fingerprint density at radius 1 is 1.44 bits per heavy atom. The van der Waals surface area contributed by atoms with Crippen molar-refractivity contribution in [2.45, 2.75) is 25.8 Å². The molecular formula is C12H25N3O. The van der Waals surface area contributed by atoms with Crippen molar-refractivity contribution in [3.05, 3.63) is 0 Å². The van der Waals surface area contributed by atoms with Crippen molar-refractivity contribution in [2.24, 2.45) is 5.92 Å². The van der Waals surface area contributed by atoms with Gasteiger partial charge in [-0.15, -0.1) is 0 Å². The fourth-order valence-electron chi connectivity index (χ4n) is 2.18. The van der Waals surface area contributed by atoms with E-state index in [9.17, 15) is 4.79 Å². The van der Waals surface area contributed by atoms with E-state index >= 15 is 0 Å². The fourth-order valence-corrected chi connectivity index (χ4v) is 2.18. The Balaban J connectivity index is 2.29. The van der Waals surface area contributed by atoms with Crippen LogP contribution in [-0.4, -0.2) is 62.5 Å². The van der Waals surface area contributed by atoms with Gasteiger partial charge in [0, 0.05) is 20.1 Å². The average Bonchev–Trinajstić information content (AvgIpc) is 2.28. The smallest absolute Gasteiger partial charge is 0.236 e. The molecule has 0 spiro atoms. The van der Waals surface area contributed by atoms with Gasteiger partial charge in [-0.1, -0.05) is 0 Å². The molecule has 0 radical (unpaired) electrons. The highest BCUT2D eigenvalue weighted by atomic mass is 16.2. The molecule has 1 amide bonds. The molecule has 16 heavy (non-hydrogen) atoms. The van der Waals surface area contributed by atoms with E-state index in [1.54, 1.807) is 4.90 Å². The number of hydrogen-bond acceptors (Lipinski definition) is 3. The lowest BCUT2D eigenvalue weighted by molar-refractivity contribution is -0.130. The maximum atomic E-state index is 11.6. The van der Waals surface area contributed by atoms with Gasteiger partial charge in [0.15, 0.2) is 0 Å². The van der Waals surface area contributed by atoms with Crippen molar-refractivity contribution in [1.29, 1.82) is 0 Å². The number of carbonyl (C=O) groups is 1. The molecule has 1 aliphatic heterocycles. The summed E-state index contributed by atoms with van der Waals surface area (Å²) in [6.45, 7) is 4.92. The minimum absolute atomic E-state index is 0.208. The van der Waals surface area contributed by atoms with Crippen molar-refractivity contribution >= 4 is 5.91 Å². The summed E-state index contributed by atoms with van der Waals surface area (Å²) >= 11 is 0. The lowest BCUT2D eigenvalue weighted by atomic mass is 9.90. The Morgan fingerprint density at radius 3 is 2.44 bits per heavy atom. The molecule has 0 saturated carbocycles. The molecule has 0 aliphatic carbocycles. The molecule has 1 aliphatic rings. The lowest BCUT2D eigenvalue weighted by Gasteiger charge is -2.34. The molecule has 4 nitrogen and oxygen atoms in total. The molecule has 0 aromatic rings. The second-order valence-corrected chi connectivity index (χ2v) is 4.98. The maximum Gasteiger partial charge on any atom is 0.236 e. The lowest BCUT2D eigenvalue weighted by Crippen LogP contribution is -2.44. The van der Waals surface area contributed by atoms with Crippen molar-refractivity contribution in [2.75, 3.05) is 40.8 Å². The van der Waals surface area contributed by atoms with Gasteiger partial charge in [-0.2, -0.15) is 0 Å². The summed E-state index contributed by atoms with van der Waals surface area (Å²) in [5.74, 6) is 0.968. The highest BCUT2D eigenvalue weighted by molar-refractivity contribution is 5.77. The predicted molar refractivity (Wildman–Crippen MR) is 66.4 cm³/mol. The molecule has 1 rings (SSSR count). The first kappa shape index (κ1) is 13.5. The first-order chi connectivity index (χ1) is 7.54. The number of carbonyl (C=O) groups excluding carboxylic acids is 1. The van der Waals surface area contributed by atoms with E-state index < -0.39 is 0 Å². The van der Waals surface area contributed by atoms with Crippen LogP contribution in [0.2, 0.25) is 0 Å². The zero-order valence-electron chi connectivity index (χ0n) is 11.0. The van der Waals surface area contributed by atoms with Crippen molar-refractivity contribution < 1.29 is 4.79 Å². The van der Waals surface area contributed by atoms with Gasteiger partial charge in [-0.25, -0.2) is 0 Å². The van der Waals surface area contributed by atoms with E-state index in [4.69, 9.17) is 0 Å². The molecule has 0 aromatic heterocycles. The van der Waals surface area contributed by atoms with Gasteiger partial charge < -0.3 is 10.2 Å². The van der Waals surface area contributed by atoms with Gasteiger partial charge in [0.05, 0.1) is 6.54 Å². The van der Waals surface area contributed by atoms with E-state index in [1.165, 1.54) is 12.8 Å². The van der Waals surface area contributed by atoms with E-state index in [0.29, 0.717) is 12.6 Å². The van der Waals surface area contributed by atoms with E-state index in [0.717, 1.165) is 19.0 Å². The van der Waals surface area contributed by atoms with Crippen LogP contribution in [0.25, 0.3) is 0 Å². The number of piperidine rings is 1. The quantitative estimate of drug-likeness (QED) is 0.755. The molecule has 1 atom stereocenters. The van der Waals surface area contributed by atoms with Gasteiger partial charge in [-0.3, -0.25) is 9.69 Å². The third kappa shape index (κ3) is 3.76. The highest BCUT2D eigenvalue weighted by Crippen LogP contribution is 2.20. The van der Waals surface area contributed by atoms with Gasteiger partial charge in [0.2, 0.25) is 5.91 Å². The monoisotopic (exact) mass is 227 g/mol. The fraction of sp³-hybridized carbons (Fsp3) is 0.917. The number of likely N-dealkylation sites (N-methyl/N-ethyl adjacent to an activating group) is 1. The number of amides is 1. The molecule has 94 valence electrons. The van der Waals surface area contributed by atoms with E-state index in [-0.39, 0.29) is 5.91 Å². The van der Waals surface area contributed by atoms with Gasteiger partial charge in [0.1, 0.15) is 0 Å². The Morgan fingerprint density at radius 2 is 2.00 bits per heavy atom. The largest absolute Gasteiger partial charge is 0.348 e. The number of likely N-dealkylation sites (tertiary alicyclic amines) is 1. The second kappa shape index (κ2) is 6.21. The molecule has 0 bridgehead atoms. The van der Waals surface area contributed by atoms with Crippen LogP contribution >= 0.6 is 0 Å². The summed E-state index contributed by atoms with van der Waals surface area (Å²) < 4.78 is 0. The zero-order valence-corrected chi connectivity index (χ0v) is 11.0. The van der Waals surface area contributed by atoms with Crippen LogP contribution in [0, 0.1) is 5.92 Å². The number of nitrogens with one attached hydrogen (secondary N) is 1. The number of rotatable bonds is 4. The summed E-state index contributed by atoms with van der Waals surface area (Å²) in [6.07, 6.45) is 2.39. The second-order valence-electron chi connectivity index (χ2n) is 4.98. The topological polar surface area (TPSA) is 35.6 Å². The Labute approximate surface area is 99.0 Å². The molecule has 1 saturated heterocycles. The molecule has 0 aromatic carbocycles. The molecule has 1 N–H and O–H groups in total. The number of nitrogens with zero attached hydrogens (tertiary/aromatic N) is 2. The van der Waals surface area contributed by atoms with Crippen LogP contribution in [0.5, 0.6) is 0 Å². The molecule has 1 fully saturated rings. The minimum atomic E-state index is 0.208. The normalized spacial score (nSPS) is 20.8. The van der Waals surface area contributed by atoms with E-state index in [2.05, 4.69) is 17.1 Å². The van der Waals surface area contributed by atoms with Crippen LogP contribution in [-0.2, 0) is 4.79 Å². The first-order valence-electron chi connectivity index (χ1n) is 6.14. The highest BCUT2D eigenvalue weighted by Gasteiger charge is 2.24. The predicted octanol–water partition coefficient (Wildman–Crippen LogP) is 0.395. The minimum Gasteiger partial charge on any atom is -0.348 e. The molecule has 4 heteroatoms. The number of hydrogen-bond donors (Lipinski definition) is 1. The first-order valence-corrected chi connectivity index (χ1v) is 6.14. The van der Waals surface area contributed by atoms with Crippen molar-refractivity contribution in [3.63, 3.8) is 0 Å². The van der Waals surface area contributed by atoms with Gasteiger partial charge >= 0.3 is 0 Å². The summed E-state index contributed by atoms with van der Waals surface area (Å²) in [5, 5.41) is 3.31. The van der Waals surface area contributed by atoms with Crippen LogP contribution in [0.3, 0.4) is 0 Å². The van der Waals surface area contributed by atoms with Crippen molar-refractivity contribution in [1.82, 2.24) is 15.1 Å². The van der Waals surface area contributed by atoms with E-state index in [1.807, 2.05) is 21.1 Å². The standard InChI is InChI=1S/C12H25N3O/c1-10(13-2)11-5-7-15(8-6-11)9-12(16)14(3)4/h10-11,13H,5-9H2,1-4H3.